The van der Waals surface area contributed by atoms with Gasteiger partial charge in [-0.05, 0) is 49.2 Å². The smallest absolute Gasteiger partial charge is 0.244 e. The number of carbonyl (C=O) groups excluding carboxylic acids is 2. The van der Waals surface area contributed by atoms with Gasteiger partial charge in [-0.15, -0.1) is 0 Å². The molecule has 2 amide bonds. The molecular weight excluding hydrogens is 304 g/mol. The maximum atomic E-state index is 12.4. The Balaban J connectivity index is 2.18. The lowest BCUT2D eigenvalue weighted by molar-refractivity contribution is -0.120. The molecule has 0 bridgehead atoms. The van der Waals surface area contributed by atoms with Crippen LogP contribution in [0, 0.1) is 13.8 Å². The summed E-state index contributed by atoms with van der Waals surface area (Å²) in [5, 5.41) is 2.84. The van der Waals surface area contributed by atoms with Gasteiger partial charge < -0.3 is 10.1 Å². The van der Waals surface area contributed by atoms with Crippen LogP contribution in [0.2, 0.25) is 0 Å². The third-order valence-corrected chi connectivity index (χ3v) is 3.56. The number of amides is 2. The van der Waals surface area contributed by atoms with E-state index in [0.717, 1.165) is 16.8 Å². The monoisotopic (exact) mass is 326 g/mol. The number of hydrogen-bond acceptors (Lipinski definition) is 3. The number of benzene rings is 2. The van der Waals surface area contributed by atoms with Crippen LogP contribution >= 0.6 is 0 Å². The van der Waals surface area contributed by atoms with Crippen LogP contribution in [0.25, 0.3) is 0 Å². The van der Waals surface area contributed by atoms with E-state index in [9.17, 15) is 9.59 Å². The van der Waals surface area contributed by atoms with Gasteiger partial charge in [-0.25, -0.2) is 0 Å². The summed E-state index contributed by atoms with van der Waals surface area (Å²) in [6.07, 6.45) is 0. The SMILES string of the molecule is COc1ccccc1N(CC(=O)Nc1cc(C)cc(C)c1)C(C)=O. The first-order valence-electron chi connectivity index (χ1n) is 7.70. The number of anilines is 2. The van der Waals surface area contributed by atoms with Gasteiger partial charge in [-0.2, -0.15) is 0 Å². The minimum Gasteiger partial charge on any atom is -0.495 e. The van der Waals surface area contributed by atoms with Gasteiger partial charge in [0.2, 0.25) is 11.8 Å². The Hall–Kier alpha value is -2.82. The second kappa shape index (κ2) is 7.64. The molecule has 0 aliphatic rings. The summed E-state index contributed by atoms with van der Waals surface area (Å²) in [7, 11) is 1.53. The van der Waals surface area contributed by atoms with Gasteiger partial charge in [0.05, 0.1) is 12.8 Å². The molecular formula is C19H22N2O3. The molecule has 0 atom stereocenters. The molecule has 0 saturated carbocycles. The standard InChI is InChI=1S/C19H22N2O3/c1-13-9-14(2)11-16(10-13)20-19(23)12-21(15(3)22)17-7-5-6-8-18(17)24-4/h5-11H,12H2,1-4H3,(H,20,23). The second-order valence-electron chi connectivity index (χ2n) is 5.70. The lowest BCUT2D eigenvalue weighted by Gasteiger charge is -2.22. The maximum Gasteiger partial charge on any atom is 0.244 e. The fraction of sp³-hybridized carbons (Fsp3) is 0.263. The molecule has 2 aromatic carbocycles. The predicted octanol–water partition coefficient (Wildman–Crippen LogP) is 3.30. The molecule has 0 spiro atoms. The van der Waals surface area contributed by atoms with Crippen LogP contribution in [0.15, 0.2) is 42.5 Å². The number of rotatable bonds is 5. The van der Waals surface area contributed by atoms with Crippen molar-refractivity contribution in [1.29, 1.82) is 0 Å². The summed E-state index contributed by atoms with van der Waals surface area (Å²) in [4.78, 5) is 25.8. The van der Waals surface area contributed by atoms with Crippen molar-refractivity contribution in [1.82, 2.24) is 0 Å². The molecule has 0 aliphatic carbocycles. The fourth-order valence-electron chi connectivity index (χ4n) is 2.61. The summed E-state index contributed by atoms with van der Waals surface area (Å²) < 4.78 is 5.28. The Kier molecular flexibility index (Phi) is 5.58. The molecule has 24 heavy (non-hydrogen) atoms. The van der Waals surface area contributed by atoms with E-state index in [2.05, 4.69) is 5.32 Å². The molecule has 2 rings (SSSR count). The van der Waals surface area contributed by atoms with E-state index in [1.165, 1.54) is 18.9 Å². The van der Waals surface area contributed by atoms with Gasteiger partial charge in [0, 0.05) is 12.6 Å². The Morgan fingerprint density at radius 2 is 1.71 bits per heavy atom. The highest BCUT2D eigenvalue weighted by molar-refractivity contribution is 6.02. The Morgan fingerprint density at radius 1 is 1.08 bits per heavy atom. The van der Waals surface area contributed by atoms with Gasteiger partial charge in [-0.3, -0.25) is 14.5 Å². The minimum atomic E-state index is -0.263. The Morgan fingerprint density at radius 3 is 2.29 bits per heavy atom. The highest BCUT2D eigenvalue weighted by atomic mass is 16.5. The number of carbonyl (C=O) groups is 2. The molecule has 126 valence electrons. The summed E-state index contributed by atoms with van der Waals surface area (Å²) in [6.45, 7) is 5.29. The Bertz CT molecular complexity index is 736. The number of para-hydroxylation sites is 2. The molecule has 0 saturated heterocycles. The average molecular weight is 326 g/mol. The van der Waals surface area contributed by atoms with Crippen molar-refractivity contribution in [2.75, 3.05) is 23.9 Å². The largest absolute Gasteiger partial charge is 0.495 e. The molecule has 0 fully saturated rings. The van der Waals surface area contributed by atoms with Crippen LogP contribution in [0.5, 0.6) is 5.75 Å². The first kappa shape index (κ1) is 17.5. The van der Waals surface area contributed by atoms with Crippen LogP contribution in [-0.4, -0.2) is 25.5 Å². The molecule has 0 unspecified atom stereocenters. The van der Waals surface area contributed by atoms with Crippen LogP contribution in [0.1, 0.15) is 18.1 Å². The first-order chi connectivity index (χ1) is 11.4. The lowest BCUT2D eigenvalue weighted by atomic mass is 10.1. The van der Waals surface area contributed by atoms with E-state index < -0.39 is 0 Å². The zero-order valence-electron chi connectivity index (χ0n) is 14.4. The zero-order chi connectivity index (χ0) is 17.7. The van der Waals surface area contributed by atoms with Crippen molar-refractivity contribution in [3.63, 3.8) is 0 Å². The van der Waals surface area contributed by atoms with Crippen molar-refractivity contribution in [3.8, 4) is 5.75 Å². The number of hydrogen-bond donors (Lipinski definition) is 1. The molecule has 0 aliphatic heterocycles. The molecule has 2 aromatic rings. The highest BCUT2D eigenvalue weighted by Gasteiger charge is 2.19. The second-order valence-corrected chi connectivity index (χ2v) is 5.70. The molecule has 0 aromatic heterocycles. The quantitative estimate of drug-likeness (QED) is 0.917. The lowest BCUT2D eigenvalue weighted by Crippen LogP contribution is -2.36. The molecule has 0 radical (unpaired) electrons. The van der Waals surface area contributed by atoms with E-state index in [0.29, 0.717) is 11.4 Å². The predicted molar refractivity (Wildman–Crippen MR) is 95.6 cm³/mol. The van der Waals surface area contributed by atoms with Crippen molar-refractivity contribution < 1.29 is 14.3 Å². The minimum absolute atomic E-state index is 0.0807. The molecule has 1 N–H and O–H groups in total. The van der Waals surface area contributed by atoms with Crippen LogP contribution in [0.4, 0.5) is 11.4 Å². The van der Waals surface area contributed by atoms with Crippen molar-refractivity contribution in [3.05, 3.63) is 53.6 Å². The van der Waals surface area contributed by atoms with Crippen LogP contribution in [0.3, 0.4) is 0 Å². The third kappa shape index (κ3) is 4.35. The summed E-state index contributed by atoms with van der Waals surface area (Å²) >= 11 is 0. The highest BCUT2D eigenvalue weighted by Crippen LogP contribution is 2.27. The van der Waals surface area contributed by atoms with Gasteiger partial charge in [0.25, 0.3) is 0 Å². The van der Waals surface area contributed by atoms with Crippen molar-refractivity contribution >= 4 is 23.2 Å². The topological polar surface area (TPSA) is 58.6 Å². The third-order valence-electron chi connectivity index (χ3n) is 3.56. The van der Waals surface area contributed by atoms with Gasteiger partial charge in [0.15, 0.2) is 0 Å². The van der Waals surface area contributed by atoms with Crippen LogP contribution in [-0.2, 0) is 9.59 Å². The average Bonchev–Trinajstić information content (AvgIpc) is 2.51. The van der Waals surface area contributed by atoms with Crippen LogP contribution < -0.4 is 15.0 Å². The summed E-state index contributed by atoms with van der Waals surface area (Å²) in [5.74, 6) is 0.0584. The van der Waals surface area contributed by atoms with Gasteiger partial charge in [0.1, 0.15) is 12.3 Å². The maximum absolute atomic E-state index is 12.4. The number of nitrogens with one attached hydrogen (secondary N) is 1. The number of aryl methyl sites for hydroxylation is 2. The van der Waals surface area contributed by atoms with Crippen molar-refractivity contribution in [2.45, 2.75) is 20.8 Å². The number of nitrogens with zero attached hydrogens (tertiary/aromatic N) is 1. The van der Waals surface area contributed by atoms with E-state index in [-0.39, 0.29) is 18.4 Å². The first-order valence-corrected chi connectivity index (χ1v) is 7.70. The van der Waals surface area contributed by atoms with Crippen molar-refractivity contribution in [2.24, 2.45) is 0 Å². The zero-order valence-corrected chi connectivity index (χ0v) is 14.4. The normalized spacial score (nSPS) is 10.2. The Labute approximate surface area is 142 Å². The van der Waals surface area contributed by atoms with E-state index >= 15 is 0 Å². The molecule has 0 heterocycles. The molecule has 5 heteroatoms. The summed E-state index contributed by atoms with van der Waals surface area (Å²) in [5.41, 5.74) is 3.43. The number of methoxy groups -OCH3 is 1. The van der Waals surface area contributed by atoms with Gasteiger partial charge >= 0.3 is 0 Å². The summed E-state index contributed by atoms with van der Waals surface area (Å²) in [6, 6.07) is 13.0. The number of ether oxygens (including phenoxy) is 1. The fourth-order valence-corrected chi connectivity index (χ4v) is 2.61. The van der Waals surface area contributed by atoms with E-state index in [1.54, 1.807) is 18.2 Å². The van der Waals surface area contributed by atoms with Gasteiger partial charge in [-0.1, -0.05) is 18.2 Å². The van der Waals surface area contributed by atoms with E-state index in [1.807, 2.05) is 38.1 Å². The van der Waals surface area contributed by atoms with E-state index in [4.69, 9.17) is 4.74 Å². The molecule has 5 nitrogen and oxygen atoms in total.